The van der Waals surface area contributed by atoms with E-state index in [4.69, 9.17) is 23.2 Å². The van der Waals surface area contributed by atoms with Crippen molar-refractivity contribution < 1.29 is 0 Å². The largest absolute Gasteiger partial charge is 0.278 e. The second-order valence-corrected chi connectivity index (χ2v) is 3.62. The van der Waals surface area contributed by atoms with Gasteiger partial charge in [-0.25, -0.2) is 4.98 Å². The van der Waals surface area contributed by atoms with E-state index in [9.17, 15) is 4.79 Å². The van der Waals surface area contributed by atoms with Gasteiger partial charge in [0.2, 0.25) is 0 Å². The summed E-state index contributed by atoms with van der Waals surface area (Å²) in [7, 11) is 0. The Labute approximate surface area is 89.9 Å². The molecule has 2 rings (SSSR count). The Morgan fingerprint density at radius 1 is 1.36 bits per heavy atom. The Kier molecular flexibility index (Phi) is 2.21. The van der Waals surface area contributed by atoms with Crippen LogP contribution in [0.4, 0.5) is 0 Å². The van der Waals surface area contributed by atoms with Gasteiger partial charge in [-0.15, -0.1) is 0 Å². The Morgan fingerprint density at radius 3 is 2.79 bits per heavy atom. The lowest BCUT2D eigenvalue weighted by Gasteiger charge is -2.04. The van der Waals surface area contributed by atoms with Gasteiger partial charge < -0.3 is 0 Å². The van der Waals surface area contributed by atoms with Crippen molar-refractivity contribution in [1.82, 2.24) is 9.38 Å². The summed E-state index contributed by atoms with van der Waals surface area (Å²) in [4.78, 5) is 15.7. The highest BCUT2D eigenvalue weighted by Gasteiger charge is 2.09. The molecule has 0 saturated heterocycles. The smallest absolute Gasteiger partial charge is 0.267 e. The molecule has 0 aliphatic rings. The molecule has 72 valence electrons. The normalized spacial score (nSPS) is 10.8. The van der Waals surface area contributed by atoms with Crippen LogP contribution in [0.3, 0.4) is 0 Å². The van der Waals surface area contributed by atoms with E-state index < -0.39 is 0 Å². The fourth-order valence-corrected chi connectivity index (χ4v) is 1.58. The third kappa shape index (κ3) is 1.29. The van der Waals surface area contributed by atoms with Crippen molar-refractivity contribution in [2.75, 3.05) is 0 Å². The summed E-state index contributed by atoms with van der Waals surface area (Å²) in [5.41, 5.74) is 0.947. The molecular formula is C9H6Cl2N2O. The van der Waals surface area contributed by atoms with Crippen LogP contribution in [0.15, 0.2) is 23.0 Å². The third-order valence-corrected chi connectivity index (χ3v) is 2.66. The molecule has 0 atom stereocenters. The van der Waals surface area contributed by atoms with E-state index in [1.807, 2.05) is 0 Å². The van der Waals surface area contributed by atoms with Crippen LogP contribution in [0.25, 0.3) is 5.65 Å². The second-order valence-electron chi connectivity index (χ2n) is 2.88. The molecule has 2 aromatic rings. The lowest BCUT2D eigenvalue weighted by atomic mass is 10.3. The molecule has 0 fully saturated rings. The van der Waals surface area contributed by atoms with Crippen LogP contribution in [-0.4, -0.2) is 9.38 Å². The minimum Gasteiger partial charge on any atom is -0.267 e. The number of aromatic nitrogens is 2. The van der Waals surface area contributed by atoms with Crippen molar-refractivity contribution in [2.24, 2.45) is 0 Å². The highest BCUT2D eigenvalue weighted by atomic mass is 35.5. The molecule has 2 heterocycles. The van der Waals surface area contributed by atoms with E-state index in [1.54, 1.807) is 25.1 Å². The molecule has 0 saturated carbocycles. The maximum atomic E-state index is 11.7. The highest BCUT2D eigenvalue weighted by Crippen LogP contribution is 2.15. The van der Waals surface area contributed by atoms with Gasteiger partial charge in [-0.05, 0) is 19.1 Å². The van der Waals surface area contributed by atoms with Crippen molar-refractivity contribution in [2.45, 2.75) is 6.92 Å². The predicted molar refractivity (Wildman–Crippen MR) is 56.2 cm³/mol. The first-order valence-corrected chi connectivity index (χ1v) is 4.70. The zero-order chi connectivity index (χ0) is 10.3. The Balaban J connectivity index is 3.07. The monoisotopic (exact) mass is 228 g/mol. The van der Waals surface area contributed by atoms with Gasteiger partial charge >= 0.3 is 0 Å². The SMILES string of the molecule is Cc1cccc2nc(Cl)c(Cl)c(=O)n12. The van der Waals surface area contributed by atoms with Gasteiger partial charge in [0, 0.05) is 5.69 Å². The molecule has 0 spiro atoms. The van der Waals surface area contributed by atoms with Gasteiger partial charge in [-0.1, -0.05) is 29.3 Å². The van der Waals surface area contributed by atoms with E-state index in [0.717, 1.165) is 5.69 Å². The van der Waals surface area contributed by atoms with Crippen LogP contribution >= 0.6 is 23.2 Å². The lowest BCUT2D eigenvalue weighted by molar-refractivity contribution is 0.991. The molecule has 5 heteroatoms. The summed E-state index contributed by atoms with van der Waals surface area (Å²) in [5.74, 6) is 0. The van der Waals surface area contributed by atoms with Crippen LogP contribution < -0.4 is 5.56 Å². The second kappa shape index (κ2) is 3.26. The van der Waals surface area contributed by atoms with Crippen LogP contribution in [0.2, 0.25) is 10.2 Å². The quantitative estimate of drug-likeness (QED) is 0.649. The molecule has 0 amide bonds. The lowest BCUT2D eigenvalue weighted by Crippen LogP contribution is -2.17. The molecule has 0 aliphatic heterocycles. The van der Waals surface area contributed by atoms with E-state index in [0.29, 0.717) is 5.65 Å². The van der Waals surface area contributed by atoms with Crippen LogP contribution in [-0.2, 0) is 0 Å². The zero-order valence-electron chi connectivity index (χ0n) is 7.29. The summed E-state index contributed by atoms with van der Waals surface area (Å²) in [6.45, 7) is 1.81. The summed E-state index contributed by atoms with van der Waals surface area (Å²) in [6.07, 6.45) is 0. The number of pyridine rings is 1. The standard InChI is InChI=1S/C9H6Cl2N2O/c1-5-3-2-4-6-12-8(11)7(10)9(14)13(5)6/h2-4H,1H3. The van der Waals surface area contributed by atoms with E-state index in [2.05, 4.69) is 4.98 Å². The van der Waals surface area contributed by atoms with E-state index in [1.165, 1.54) is 4.40 Å². The molecule has 14 heavy (non-hydrogen) atoms. The Bertz CT molecular complexity index is 562. The molecule has 0 radical (unpaired) electrons. The van der Waals surface area contributed by atoms with Crippen molar-refractivity contribution in [1.29, 1.82) is 0 Å². The number of fused-ring (bicyclic) bond motifs is 1. The molecule has 2 aromatic heterocycles. The topological polar surface area (TPSA) is 34.4 Å². The first-order valence-electron chi connectivity index (χ1n) is 3.94. The zero-order valence-corrected chi connectivity index (χ0v) is 8.80. The van der Waals surface area contributed by atoms with E-state index in [-0.39, 0.29) is 15.7 Å². The summed E-state index contributed by atoms with van der Waals surface area (Å²) in [6, 6.07) is 5.32. The first-order chi connectivity index (χ1) is 6.61. The minimum absolute atomic E-state index is 0.0431. The van der Waals surface area contributed by atoms with Crippen molar-refractivity contribution >= 4 is 28.8 Å². The number of aryl methyl sites for hydroxylation is 1. The van der Waals surface area contributed by atoms with Crippen LogP contribution in [0.5, 0.6) is 0 Å². The molecule has 0 aliphatic carbocycles. The fraction of sp³-hybridized carbons (Fsp3) is 0.111. The number of nitrogens with zero attached hydrogens (tertiary/aromatic N) is 2. The van der Waals surface area contributed by atoms with E-state index >= 15 is 0 Å². The summed E-state index contributed by atoms with van der Waals surface area (Å²) >= 11 is 11.4. The van der Waals surface area contributed by atoms with Crippen LogP contribution in [0, 0.1) is 6.92 Å². The third-order valence-electron chi connectivity index (χ3n) is 1.95. The molecule has 3 nitrogen and oxygen atoms in total. The van der Waals surface area contributed by atoms with Crippen molar-refractivity contribution in [3.63, 3.8) is 0 Å². The molecule has 0 N–H and O–H groups in total. The average molecular weight is 229 g/mol. The maximum Gasteiger partial charge on any atom is 0.278 e. The molecule has 0 unspecified atom stereocenters. The van der Waals surface area contributed by atoms with Crippen molar-refractivity contribution in [3.05, 3.63) is 44.4 Å². The van der Waals surface area contributed by atoms with Gasteiger partial charge in [-0.2, -0.15) is 0 Å². The van der Waals surface area contributed by atoms with Gasteiger partial charge in [0.1, 0.15) is 10.7 Å². The first kappa shape index (κ1) is 9.49. The van der Waals surface area contributed by atoms with Gasteiger partial charge in [-0.3, -0.25) is 9.20 Å². The maximum absolute atomic E-state index is 11.7. The molecular weight excluding hydrogens is 223 g/mol. The summed E-state index contributed by atoms with van der Waals surface area (Å²) < 4.78 is 1.42. The Hall–Kier alpha value is -1.06. The number of halogens is 2. The number of hydrogen-bond acceptors (Lipinski definition) is 2. The van der Waals surface area contributed by atoms with Gasteiger partial charge in [0.05, 0.1) is 0 Å². The average Bonchev–Trinajstić information content (AvgIpc) is 2.14. The number of rotatable bonds is 0. The predicted octanol–water partition coefficient (Wildman–Crippen LogP) is 2.31. The minimum atomic E-state index is -0.334. The molecule has 0 aromatic carbocycles. The van der Waals surface area contributed by atoms with Gasteiger partial charge in [0.25, 0.3) is 5.56 Å². The number of hydrogen-bond donors (Lipinski definition) is 0. The molecule has 0 bridgehead atoms. The fourth-order valence-electron chi connectivity index (χ4n) is 1.29. The van der Waals surface area contributed by atoms with Crippen molar-refractivity contribution in [3.8, 4) is 0 Å². The van der Waals surface area contributed by atoms with Crippen LogP contribution in [0.1, 0.15) is 5.69 Å². The highest BCUT2D eigenvalue weighted by molar-refractivity contribution is 6.41. The Morgan fingerprint density at radius 2 is 2.07 bits per heavy atom. The summed E-state index contributed by atoms with van der Waals surface area (Å²) in [5, 5.41) is 0.000679. The van der Waals surface area contributed by atoms with Gasteiger partial charge in [0.15, 0.2) is 5.15 Å².